The number of methoxy groups -OCH3 is 1. The average molecular weight is 421 g/mol. The molecule has 2 aromatic rings. The first-order valence-corrected chi connectivity index (χ1v) is 10.1. The highest BCUT2D eigenvalue weighted by molar-refractivity contribution is 5.98. The van der Waals surface area contributed by atoms with E-state index in [1.807, 2.05) is 18.2 Å². The average Bonchev–Trinajstić information content (AvgIpc) is 2.77. The van der Waals surface area contributed by atoms with Gasteiger partial charge in [0.1, 0.15) is 11.6 Å². The molecule has 6 nitrogen and oxygen atoms in total. The number of esters is 2. The summed E-state index contributed by atoms with van der Waals surface area (Å²) in [7, 11) is 1.45. The third kappa shape index (κ3) is 7.00. The number of hydrogen-bond acceptors (Lipinski definition) is 6. The van der Waals surface area contributed by atoms with Crippen LogP contribution < -0.4 is 9.47 Å². The highest BCUT2D eigenvalue weighted by Gasteiger charge is 2.13. The van der Waals surface area contributed by atoms with Crippen molar-refractivity contribution in [3.05, 3.63) is 64.7 Å². The van der Waals surface area contributed by atoms with Crippen molar-refractivity contribution in [1.82, 2.24) is 0 Å². The number of aryl methyl sites for hydroxylation is 1. The summed E-state index contributed by atoms with van der Waals surface area (Å²) in [6, 6.07) is 14.8. The summed E-state index contributed by atoms with van der Waals surface area (Å²) in [5.41, 5.74) is 2.74. The minimum atomic E-state index is -0.694. The van der Waals surface area contributed by atoms with Gasteiger partial charge in [-0.3, -0.25) is 4.79 Å². The van der Waals surface area contributed by atoms with Crippen molar-refractivity contribution >= 4 is 18.0 Å². The molecule has 0 fully saturated rings. The number of benzene rings is 2. The van der Waals surface area contributed by atoms with Crippen LogP contribution in [0.5, 0.6) is 11.5 Å². The van der Waals surface area contributed by atoms with Gasteiger partial charge in [-0.1, -0.05) is 44.2 Å². The van der Waals surface area contributed by atoms with E-state index in [1.54, 1.807) is 25.1 Å². The first-order valence-electron chi connectivity index (χ1n) is 10.1. The number of carbonyl (C=O) groups is 2. The van der Waals surface area contributed by atoms with Crippen LogP contribution in [-0.4, -0.2) is 25.7 Å². The Morgan fingerprint density at radius 1 is 1.10 bits per heavy atom. The molecule has 0 atom stereocenters. The lowest BCUT2D eigenvalue weighted by atomic mass is 10.0. The zero-order valence-electron chi connectivity index (χ0n) is 18.3. The molecule has 0 aromatic heterocycles. The normalized spacial score (nSPS) is 11.0. The van der Waals surface area contributed by atoms with E-state index in [2.05, 4.69) is 26.0 Å². The molecule has 2 rings (SSSR count). The molecule has 0 amide bonds. The standard InChI is InChI=1S/C25H27NO5/c1-5-30-25(28)21(16-26)14-19-8-12-22(23(15-19)29-4)31-24(27)13-9-18-6-10-20(11-7-18)17(2)3/h6-8,10-12,14-15,17H,5,9,13H2,1-4H3/b21-14+. The molecule has 162 valence electrons. The number of hydrogen-bond donors (Lipinski definition) is 0. The molecule has 0 saturated heterocycles. The molecule has 0 aliphatic rings. The van der Waals surface area contributed by atoms with Gasteiger partial charge in [-0.15, -0.1) is 0 Å². The van der Waals surface area contributed by atoms with Crippen molar-refractivity contribution in [3.63, 3.8) is 0 Å². The van der Waals surface area contributed by atoms with Crippen LogP contribution in [0, 0.1) is 11.3 Å². The Bertz CT molecular complexity index is 984. The van der Waals surface area contributed by atoms with Crippen LogP contribution in [0.4, 0.5) is 0 Å². The zero-order chi connectivity index (χ0) is 22.8. The fourth-order valence-electron chi connectivity index (χ4n) is 2.86. The van der Waals surface area contributed by atoms with E-state index in [9.17, 15) is 9.59 Å². The predicted octanol–water partition coefficient (Wildman–Crippen LogP) is 4.83. The third-order valence-corrected chi connectivity index (χ3v) is 4.60. The fraction of sp³-hybridized carbons (Fsp3) is 0.320. The molecule has 0 unspecified atom stereocenters. The summed E-state index contributed by atoms with van der Waals surface area (Å²) in [4.78, 5) is 24.1. The zero-order valence-corrected chi connectivity index (χ0v) is 18.3. The minimum absolute atomic E-state index is 0.128. The lowest BCUT2D eigenvalue weighted by molar-refractivity contribution is -0.138. The van der Waals surface area contributed by atoms with Crippen molar-refractivity contribution < 1.29 is 23.8 Å². The summed E-state index contributed by atoms with van der Waals surface area (Å²) >= 11 is 0. The second-order valence-electron chi connectivity index (χ2n) is 7.17. The smallest absolute Gasteiger partial charge is 0.348 e. The predicted molar refractivity (Wildman–Crippen MR) is 118 cm³/mol. The van der Waals surface area contributed by atoms with Crippen molar-refractivity contribution in [1.29, 1.82) is 5.26 Å². The van der Waals surface area contributed by atoms with Gasteiger partial charge in [-0.25, -0.2) is 4.79 Å². The van der Waals surface area contributed by atoms with Crippen molar-refractivity contribution in [3.8, 4) is 17.6 Å². The van der Waals surface area contributed by atoms with Crippen LogP contribution in [0.2, 0.25) is 0 Å². The van der Waals surface area contributed by atoms with E-state index in [1.165, 1.54) is 18.7 Å². The molecule has 0 bridgehead atoms. The first kappa shape index (κ1) is 23.7. The van der Waals surface area contributed by atoms with Crippen molar-refractivity contribution in [2.45, 2.75) is 39.5 Å². The van der Waals surface area contributed by atoms with E-state index >= 15 is 0 Å². The summed E-state index contributed by atoms with van der Waals surface area (Å²) in [6.07, 6.45) is 2.20. The quantitative estimate of drug-likeness (QED) is 0.250. The van der Waals surface area contributed by atoms with Crippen molar-refractivity contribution in [2.24, 2.45) is 0 Å². The number of carbonyl (C=O) groups excluding carboxylic acids is 2. The molecule has 6 heteroatoms. The Morgan fingerprint density at radius 3 is 2.39 bits per heavy atom. The molecule has 0 N–H and O–H groups in total. The van der Waals surface area contributed by atoms with Crippen LogP contribution in [-0.2, 0) is 20.7 Å². The number of nitrogens with zero attached hydrogens (tertiary/aromatic N) is 1. The van der Waals surface area contributed by atoms with E-state index in [0.717, 1.165) is 5.56 Å². The topological polar surface area (TPSA) is 85.6 Å². The molecule has 0 aliphatic carbocycles. The van der Waals surface area contributed by atoms with Crippen LogP contribution in [0.3, 0.4) is 0 Å². The molecule has 0 spiro atoms. The highest BCUT2D eigenvalue weighted by Crippen LogP contribution is 2.29. The Balaban J connectivity index is 2.05. The van der Waals surface area contributed by atoms with Crippen LogP contribution in [0.1, 0.15) is 49.8 Å². The fourth-order valence-corrected chi connectivity index (χ4v) is 2.86. The lowest BCUT2D eigenvalue weighted by Crippen LogP contribution is -2.10. The minimum Gasteiger partial charge on any atom is -0.493 e. The molecule has 0 saturated carbocycles. The van der Waals surface area contributed by atoms with Gasteiger partial charge in [0, 0.05) is 6.42 Å². The van der Waals surface area contributed by atoms with Gasteiger partial charge in [0.15, 0.2) is 11.5 Å². The summed E-state index contributed by atoms with van der Waals surface area (Å²) in [5, 5.41) is 9.16. The van der Waals surface area contributed by atoms with Crippen molar-refractivity contribution in [2.75, 3.05) is 13.7 Å². The van der Waals surface area contributed by atoms with Gasteiger partial charge >= 0.3 is 11.9 Å². The van der Waals surface area contributed by atoms with Gasteiger partial charge in [0.05, 0.1) is 13.7 Å². The van der Waals surface area contributed by atoms with Gasteiger partial charge in [0.25, 0.3) is 0 Å². The summed E-state index contributed by atoms with van der Waals surface area (Å²) in [6.45, 7) is 6.12. The molecular weight excluding hydrogens is 394 g/mol. The monoisotopic (exact) mass is 421 g/mol. The van der Waals surface area contributed by atoms with E-state index in [4.69, 9.17) is 19.5 Å². The molecule has 2 aromatic carbocycles. The Hall–Kier alpha value is -3.59. The number of ether oxygens (including phenoxy) is 3. The highest BCUT2D eigenvalue weighted by atomic mass is 16.6. The maximum atomic E-state index is 12.3. The molecule has 31 heavy (non-hydrogen) atoms. The number of rotatable bonds is 9. The molecule has 0 aliphatic heterocycles. The summed E-state index contributed by atoms with van der Waals surface area (Å²) < 4.78 is 15.6. The van der Waals surface area contributed by atoms with Gasteiger partial charge in [-0.05, 0) is 54.2 Å². The first-order chi connectivity index (χ1) is 14.9. The van der Waals surface area contributed by atoms with Crippen LogP contribution in [0.15, 0.2) is 48.0 Å². The van der Waals surface area contributed by atoms with Crippen LogP contribution in [0.25, 0.3) is 6.08 Å². The molecular formula is C25H27NO5. The maximum absolute atomic E-state index is 12.3. The SMILES string of the molecule is CCOC(=O)/C(C#N)=C/c1ccc(OC(=O)CCc2ccc(C(C)C)cc2)c(OC)c1. The largest absolute Gasteiger partial charge is 0.493 e. The number of nitriles is 1. The Morgan fingerprint density at radius 2 is 1.81 bits per heavy atom. The molecule has 0 heterocycles. The second-order valence-corrected chi connectivity index (χ2v) is 7.17. The second kappa shape index (κ2) is 11.6. The lowest BCUT2D eigenvalue weighted by Gasteiger charge is -2.11. The maximum Gasteiger partial charge on any atom is 0.348 e. The van der Waals surface area contributed by atoms with E-state index in [-0.39, 0.29) is 30.3 Å². The molecule has 0 radical (unpaired) electrons. The van der Waals surface area contributed by atoms with Gasteiger partial charge < -0.3 is 14.2 Å². The summed E-state index contributed by atoms with van der Waals surface area (Å²) in [5.74, 6) is -0.00975. The van der Waals surface area contributed by atoms with E-state index < -0.39 is 5.97 Å². The van der Waals surface area contributed by atoms with Gasteiger partial charge in [-0.2, -0.15) is 5.26 Å². The Kier molecular flexibility index (Phi) is 8.83. The Labute approximate surface area is 183 Å². The third-order valence-electron chi connectivity index (χ3n) is 4.60. The van der Waals surface area contributed by atoms with E-state index in [0.29, 0.717) is 23.7 Å². The van der Waals surface area contributed by atoms with Gasteiger partial charge in [0.2, 0.25) is 0 Å². The van der Waals surface area contributed by atoms with Crippen LogP contribution >= 0.6 is 0 Å².